The fraction of sp³-hybridized carbons (Fsp3) is 0.471. The van der Waals surface area contributed by atoms with Crippen LogP contribution in [0.2, 0.25) is 0 Å². The van der Waals surface area contributed by atoms with Crippen LogP contribution < -0.4 is 10.1 Å². The number of nitrogens with zero attached hydrogens (tertiary/aromatic N) is 2. The van der Waals surface area contributed by atoms with Gasteiger partial charge in [0, 0.05) is 29.4 Å². The van der Waals surface area contributed by atoms with Crippen molar-refractivity contribution in [2.24, 2.45) is 0 Å². The highest BCUT2D eigenvalue weighted by molar-refractivity contribution is 5.36. The molecule has 0 saturated carbocycles. The van der Waals surface area contributed by atoms with Crippen molar-refractivity contribution in [1.29, 1.82) is 0 Å². The zero-order chi connectivity index (χ0) is 17.0. The number of hydrogen-bond acceptors (Lipinski definition) is 4. The molecule has 1 aromatic heterocycles. The van der Waals surface area contributed by atoms with Crippen LogP contribution in [0.4, 0.5) is 4.39 Å². The number of ether oxygens (including phenoxy) is 1. The Kier molecular flexibility index (Phi) is 5.74. The Hall–Kier alpha value is -1.92. The van der Waals surface area contributed by atoms with E-state index < -0.39 is 0 Å². The van der Waals surface area contributed by atoms with Gasteiger partial charge in [0.2, 0.25) is 0 Å². The lowest BCUT2D eigenvalue weighted by molar-refractivity contribution is 0.267. The number of aromatic nitrogens is 2. The van der Waals surface area contributed by atoms with Crippen molar-refractivity contribution in [1.82, 2.24) is 15.1 Å². The summed E-state index contributed by atoms with van der Waals surface area (Å²) >= 11 is 0. The molecule has 0 amide bonds. The molecule has 0 saturated heterocycles. The summed E-state index contributed by atoms with van der Waals surface area (Å²) in [6.07, 6.45) is 0. The van der Waals surface area contributed by atoms with Crippen LogP contribution in [0, 0.1) is 19.7 Å². The van der Waals surface area contributed by atoms with Gasteiger partial charge in [0.15, 0.2) is 0 Å². The molecule has 23 heavy (non-hydrogen) atoms. The summed E-state index contributed by atoms with van der Waals surface area (Å²) < 4.78 is 20.6. The van der Waals surface area contributed by atoms with Crippen LogP contribution in [0.3, 0.4) is 0 Å². The Balaban J connectivity index is 2.13. The number of rotatable bonds is 7. The molecule has 1 unspecified atom stereocenters. The molecular weight excluding hydrogens is 297 g/mol. The van der Waals surface area contributed by atoms with Crippen LogP contribution in [0.5, 0.6) is 5.75 Å². The number of aliphatic hydroxyl groups excluding tert-OH is 1. The van der Waals surface area contributed by atoms with Crippen LogP contribution in [-0.2, 0) is 13.1 Å². The molecular formula is C17H24FN3O2. The van der Waals surface area contributed by atoms with Crippen LogP contribution >= 0.6 is 0 Å². The van der Waals surface area contributed by atoms with E-state index in [2.05, 4.69) is 10.4 Å². The van der Waals surface area contributed by atoms with Crippen LogP contribution in [0.25, 0.3) is 0 Å². The maximum Gasteiger partial charge on any atom is 0.123 e. The van der Waals surface area contributed by atoms with Gasteiger partial charge in [-0.1, -0.05) is 0 Å². The van der Waals surface area contributed by atoms with E-state index in [4.69, 9.17) is 9.84 Å². The monoisotopic (exact) mass is 321 g/mol. The predicted molar refractivity (Wildman–Crippen MR) is 87.0 cm³/mol. The summed E-state index contributed by atoms with van der Waals surface area (Å²) in [5.74, 6) is 0.383. The molecule has 0 aliphatic heterocycles. The minimum absolute atomic E-state index is 0.0612. The number of methoxy groups -OCH3 is 1. The topological polar surface area (TPSA) is 59.3 Å². The fourth-order valence-corrected chi connectivity index (χ4v) is 2.71. The van der Waals surface area contributed by atoms with Gasteiger partial charge in [-0.05, 0) is 39.0 Å². The van der Waals surface area contributed by atoms with E-state index >= 15 is 0 Å². The Morgan fingerprint density at radius 1 is 1.39 bits per heavy atom. The Morgan fingerprint density at radius 2 is 2.13 bits per heavy atom. The van der Waals surface area contributed by atoms with Gasteiger partial charge >= 0.3 is 0 Å². The lowest BCUT2D eigenvalue weighted by atomic mass is 10.1. The van der Waals surface area contributed by atoms with E-state index in [1.807, 2.05) is 20.8 Å². The van der Waals surface area contributed by atoms with Crippen molar-refractivity contribution in [3.63, 3.8) is 0 Å². The van der Waals surface area contributed by atoms with E-state index in [1.54, 1.807) is 17.9 Å². The molecule has 2 rings (SSSR count). The van der Waals surface area contributed by atoms with Gasteiger partial charge in [-0.25, -0.2) is 4.39 Å². The van der Waals surface area contributed by atoms with Crippen molar-refractivity contribution in [3.8, 4) is 5.75 Å². The van der Waals surface area contributed by atoms with Crippen LogP contribution in [0.15, 0.2) is 18.2 Å². The van der Waals surface area contributed by atoms with Gasteiger partial charge in [0.1, 0.15) is 11.6 Å². The van der Waals surface area contributed by atoms with Gasteiger partial charge < -0.3 is 15.2 Å². The number of nitrogens with one attached hydrogen (secondary N) is 1. The first-order valence-electron chi connectivity index (χ1n) is 7.68. The van der Waals surface area contributed by atoms with Crippen molar-refractivity contribution in [2.75, 3.05) is 13.7 Å². The predicted octanol–water partition coefficient (Wildman–Crippen LogP) is 2.49. The maximum absolute atomic E-state index is 13.5. The molecule has 1 atom stereocenters. The lowest BCUT2D eigenvalue weighted by Crippen LogP contribution is -2.20. The molecule has 0 radical (unpaired) electrons. The van der Waals surface area contributed by atoms with Crippen LogP contribution in [-0.4, -0.2) is 28.6 Å². The smallest absolute Gasteiger partial charge is 0.123 e. The van der Waals surface area contributed by atoms with E-state index in [-0.39, 0.29) is 18.5 Å². The van der Waals surface area contributed by atoms with E-state index in [0.717, 1.165) is 22.5 Å². The van der Waals surface area contributed by atoms with E-state index in [9.17, 15) is 4.39 Å². The molecule has 1 aromatic carbocycles. The Labute approximate surface area is 136 Å². The average Bonchev–Trinajstić information content (AvgIpc) is 2.79. The van der Waals surface area contributed by atoms with Crippen molar-refractivity contribution in [2.45, 2.75) is 39.9 Å². The minimum Gasteiger partial charge on any atom is -0.496 e. The quantitative estimate of drug-likeness (QED) is 0.822. The molecule has 0 aliphatic rings. The van der Waals surface area contributed by atoms with E-state index in [1.165, 1.54) is 12.1 Å². The standard InChI is InChI=1S/C17H24FN3O2/c1-11(15-9-14(18)5-6-17(15)23-4)19-10-16-12(2)20-21(7-8-22)13(16)3/h5-6,9,11,19,22H,7-8,10H2,1-4H3. The first-order valence-corrected chi connectivity index (χ1v) is 7.68. The number of halogens is 1. The third kappa shape index (κ3) is 3.89. The molecule has 0 bridgehead atoms. The molecule has 0 spiro atoms. The normalized spacial score (nSPS) is 12.4. The number of aliphatic hydroxyl groups is 1. The minimum atomic E-state index is -0.280. The zero-order valence-electron chi connectivity index (χ0n) is 14.1. The highest BCUT2D eigenvalue weighted by Gasteiger charge is 2.15. The molecule has 0 fully saturated rings. The van der Waals surface area contributed by atoms with E-state index in [0.29, 0.717) is 18.8 Å². The zero-order valence-corrected chi connectivity index (χ0v) is 14.1. The number of hydrogen-bond donors (Lipinski definition) is 2. The van der Waals surface area contributed by atoms with Gasteiger partial charge in [-0.15, -0.1) is 0 Å². The number of aryl methyl sites for hydroxylation is 1. The summed E-state index contributed by atoms with van der Waals surface area (Å²) in [6, 6.07) is 4.45. The average molecular weight is 321 g/mol. The SMILES string of the molecule is COc1ccc(F)cc1C(C)NCc1c(C)nn(CCO)c1C. The molecule has 126 valence electrons. The van der Waals surface area contributed by atoms with Gasteiger partial charge in [-0.3, -0.25) is 4.68 Å². The molecule has 5 nitrogen and oxygen atoms in total. The van der Waals surface area contributed by atoms with Gasteiger partial charge in [0.05, 0.1) is 26.0 Å². The molecule has 2 N–H and O–H groups in total. The second-order valence-electron chi connectivity index (χ2n) is 5.58. The number of benzene rings is 1. The maximum atomic E-state index is 13.5. The summed E-state index contributed by atoms with van der Waals surface area (Å²) in [7, 11) is 1.58. The van der Waals surface area contributed by atoms with Crippen LogP contribution in [0.1, 0.15) is 35.5 Å². The Bertz CT molecular complexity index is 670. The molecule has 0 aliphatic carbocycles. The largest absolute Gasteiger partial charge is 0.496 e. The fourth-order valence-electron chi connectivity index (χ4n) is 2.71. The summed E-state index contributed by atoms with van der Waals surface area (Å²) in [5, 5.41) is 16.9. The molecule has 6 heteroatoms. The third-order valence-electron chi connectivity index (χ3n) is 4.09. The van der Waals surface area contributed by atoms with Crippen molar-refractivity contribution < 1.29 is 14.2 Å². The lowest BCUT2D eigenvalue weighted by Gasteiger charge is -2.17. The molecule has 2 aromatic rings. The van der Waals surface area contributed by atoms with Crippen molar-refractivity contribution >= 4 is 0 Å². The van der Waals surface area contributed by atoms with Gasteiger partial charge in [-0.2, -0.15) is 5.10 Å². The first-order chi connectivity index (χ1) is 11.0. The Morgan fingerprint density at radius 3 is 2.78 bits per heavy atom. The second kappa shape index (κ2) is 7.57. The highest BCUT2D eigenvalue weighted by Crippen LogP contribution is 2.26. The summed E-state index contributed by atoms with van der Waals surface area (Å²) in [6.45, 7) is 7.07. The molecule has 1 heterocycles. The highest BCUT2D eigenvalue weighted by atomic mass is 19.1. The van der Waals surface area contributed by atoms with Crippen molar-refractivity contribution in [3.05, 3.63) is 46.5 Å². The summed E-state index contributed by atoms with van der Waals surface area (Å²) in [5.41, 5.74) is 3.84. The third-order valence-corrected chi connectivity index (χ3v) is 4.09. The van der Waals surface area contributed by atoms with Gasteiger partial charge in [0.25, 0.3) is 0 Å². The second-order valence-corrected chi connectivity index (χ2v) is 5.58. The first kappa shape index (κ1) is 17.4. The summed E-state index contributed by atoms with van der Waals surface area (Å²) in [4.78, 5) is 0.